The Labute approximate surface area is 132 Å². The minimum atomic E-state index is 0.311. The Balaban J connectivity index is 2.12. The number of nitrogens with one attached hydrogen (secondary N) is 1. The Kier molecular flexibility index (Phi) is 6.19. The van der Waals surface area contributed by atoms with Crippen LogP contribution in [0.2, 0.25) is 0 Å². The third-order valence-corrected chi connectivity index (χ3v) is 4.90. The van der Waals surface area contributed by atoms with Gasteiger partial charge in [-0.1, -0.05) is 13.8 Å². The maximum absolute atomic E-state index is 4.42. The van der Waals surface area contributed by atoms with E-state index in [-0.39, 0.29) is 0 Å². The molecule has 1 N–H and O–H groups in total. The molecule has 0 radical (unpaired) electrons. The maximum atomic E-state index is 4.42. The van der Waals surface area contributed by atoms with Gasteiger partial charge in [-0.25, -0.2) is 4.98 Å². The standard InChI is InChI=1S/C14H21BrN4S/c1-3-5-16-12(13-7-11(15)9-20-13)8-14-17-10-18-19(14)6-4-2/h7,9-10,12,16H,3-6,8H2,1-2H3. The molecule has 2 rings (SSSR count). The molecule has 0 amide bonds. The second kappa shape index (κ2) is 7.90. The lowest BCUT2D eigenvalue weighted by Crippen LogP contribution is -2.24. The molecule has 0 bridgehead atoms. The summed E-state index contributed by atoms with van der Waals surface area (Å²) in [5, 5.41) is 10.1. The Morgan fingerprint density at radius 2 is 2.25 bits per heavy atom. The minimum Gasteiger partial charge on any atom is -0.309 e. The van der Waals surface area contributed by atoms with E-state index in [1.807, 2.05) is 4.68 Å². The van der Waals surface area contributed by atoms with Crippen LogP contribution in [0.5, 0.6) is 0 Å². The second-order valence-corrected chi connectivity index (χ2v) is 6.64. The molecule has 0 spiro atoms. The molecule has 20 heavy (non-hydrogen) atoms. The lowest BCUT2D eigenvalue weighted by molar-refractivity contribution is 0.493. The largest absolute Gasteiger partial charge is 0.309 e. The van der Waals surface area contributed by atoms with E-state index in [9.17, 15) is 0 Å². The number of aryl methyl sites for hydroxylation is 1. The lowest BCUT2D eigenvalue weighted by atomic mass is 10.1. The fraction of sp³-hybridized carbons (Fsp3) is 0.571. The van der Waals surface area contributed by atoms with Gasteiger partial charge in [0.25, 0.3) is 0 Å². The van der Waals surface area contributed by atoms with Crippen LogP contribution < -0.4 is 5.32 Å². The highest BCUT2D eigenvalue weighted by atomic mass is 79.9. The molecular weight excluding hydrogens is 336 g/mol. The van der Waals surface area contributed by atoms with E-state index in [1.165, 1.54) is 4.88 Å². The molecule has 110 valence electrons. The third-order valence-electron chi connectivity index (χ3n) is 3.09. The Morgan fingerprint density at radius 3 is 2.90 bits per heavy atom. The van der Waals surface area contributed by atoms with Crippen LogP contribution in [0.25, 0.3) is 0 Å². The predicted octanol–water partition coefficient (Wildman–Crippen LogP) is 3.80. The first-order chi connectivity index (χ1) is 9.74. The van der Waals surface area contributed by atoms with Crippen molar-refractivity contribution < 1.29 is 0 Å². The van der Waals surface area contributed by atoms with Gasteiger partial charge < -0.3 is 5.32 Å². The van der Waals surface area contributed by atoms with Gasteiger partial charge in [0, 0.05) is 33.7 Å². The minimum absolute atomic E-state index is 0.311. The SMILES string of the molecule is CCCNC(Cc1ncnn1CCC)c1cc(Br)cs1. The molecule has 0 aromatic carbocycles. The molecule has 0 aliphatic rings. The van der Waals surface area contributed by atoms with Gasteiger partial charge >= 0.3 is 0 Å². The van der Waals surface area contributed by atoms with E-state index in [4.69, 9.17) is 0 Å². The summed E-state index contributed by atoms with van der Waals surface area (Å²) in [4.78, 5) is 5.76. The summed E-state index contributed by atoms with van der Waals surface area (Å²) in [5.41, 5.74) is 0. The van der Waals surface area contributed by atoms with E-state index in [0.29, 0.717) is 6.04 Å². The molecule has 0 fully saturated rings. The smallest absolute Gasteiger partial charge is 0.138 e. The van der Waals surface area contributed by atoms with Gasteiger partial charge in [-0.15, -0.1) is 11.3 Å². The average molecular weight is 357 g/mol. The van der Waals surface area contributed by atoms with Gasteiger partial charge in [-0.3, -0.25) is 4.68 Å². The molecule has 0 aliphatic heterocycles. The van der Waals surface area contributed by atoms with Crippen LogP contribution in [0, 0.1) is 0 Å². The number of halogens is 1. The number of rotatable bonds is 8. The van der Waals surface area contributed by atoms with E-state index in [0.717, 1.165) is 42.6 Å². The lowest BCUT2D eigenvalue weighted by Gasteiger charge is -2.17. The monoisotopic (exact) mass is 356 g/mol. The highest BCUT2D eigenvalue weighted by Gasteiger charge is 2.17. The van der Waals surface area contributed by atoms with E-state index in [2.05, 4.69) is 56.6 Å². The van der Waals surface area contributed by atoms with Crippen LogP contribution in [-0.4, -0.2) is 21.3 Å². The van der Waals surface area contributed by atoms with Gasteiger partial charge in [0.1, 0.15) is 12.2 Å². The first-order valence-corrected chi connectivity index (χ1v) is 8.75. The molecule has 1 atom stereocenters. The van der Waals surface area contributed by atoms with Crippen LogP contribution in [0.15, 0.2) is 22.2 Å². The van der Waals surface area contributed by atoms with E-state index < -0.39 is 0 Å². The van der Waals surface area contributed by atoms with Crippen LogP contribution in [0.1, 0.15) is 43.4 Å². The van der Waals surface area contributed by atoms with E-state index in [1.54, 1.807) is 17.7 Å². The van der Waals surface area contributed by atoms with Crippen LogP contribution in [0.3, 0.4) is 0 Å². The van der Waals surface area contributed by atoms with Crippen molar-refractivity contribution in [3.63, 3.8) is 0 Å². The maximum Gasteiger partial charge on any atom is 0.138 e. The zero-order valence-corrected chi connectivity index (χ0v) is 14.4. The molecule has 1 unspecified atom stereocenters. The normalized spacial score (nSPS) is 12.8. The second-order valence-electron chi connectivity index (χ2n) is 4.78. The van der Waals surface area contributed by atoms with Crippen molar-refractivity contribution >= 4 is 27.3 Å². The molecular formula is C14H21BrN4S. The molecule has 0 aliphatic carbocycles. The summed E-state index contributed by atoms with van der Waals surface area (Å²) in [6.45, 7) is 6.30. The van der Waals surface area contributed by atoms with Crippen LogP contribution >= 0.6 is 27.3 Å². The van der Waals surface area contributed by atoms with Gasteiger partial charge in [0.2, 0.25) is 0 Å². The van der Waals surface area contributed by atoms with Gasteiger partial charge in [-0.05, 0) is 41.4 Å². The highest BCUT2D eigenvalue weighted by molar-refractivity contribution is 9.10. The van der Waals surface area contributed by atoms with Gasteiger partial charge in [0.05, 0.1) is 0 Å². The predicted molar refractivity (Wildman–Crippen MR) is 87.1 cm³/mol. The van der Waals surface area contributed by atoms with Crippen LogP contribution in [-0.2, 0) is 13.0 Å². The molecule has 0 saturated heterocycles. The third kappa shape index (κ3) is 4.14. The van der Waals surface area contributed by atoms with Crippen molar-refractivity contribution in [1.29, 1.82) is 0 Å². The summed E-state index contributed by atoms with van der Waals surface area (Å²) < 4.78 is 3.17. The van der Waals surface area contributed by atoms with Crippen LogP contribution in [0.4, 0.5) is 0 Å². The molecule has 0 saturated carbocycles. The quantitative estimate of drug-likeness (QED) is 0.782. The molecule has 2 aromatic heterocycles. The van der Waals surface area contributed by atoms with Crippen molar-refractivity contribution in [2.45, 2.75) is 45.7 Å². The number of hydrogen-bond donors (Lipinski definition) is 1. The zero-order chi connectivity index (χ0) is 14.4. The Bertz CT molecular complexity index is 523. The van der Waals surface area contributed by atoms with Crippen molar-refractivity contribution in [3.05, 3.63) is 32.9 Å². The fourth-order valence-corrected chi connectivity index (χ4v) is 3.65. The zero-order valence-electron chi connectivity index (χ0n) is 12.0. The van der Waals surface area contributed by atoms with Gasteiger partial charge in [-0.2, -0.15) is 5.10 Å². The summed E-state index contributed by atoms with van der Waals surface area (Å²) in [7, 11) is 0. The number of thiophene rings is 1. The molecule has 6 heteroatoms. The molecule has 2 aromatic rings. The van der Waals surface area contributed by atoms with Crippen molar-refractivity contribution in [2.75, 3.05) is 6.54 Å². The first kappa shape index (κ1) is 15.7. The average Bonchev–Trinajstić information content (AvgIpc) is 3.04. The number of hydrogen-bond acceptors (Lipinski definition) is 4. The molecule has 4 nitrogen and oxygen atoms in total. The molecule has 2 heterocycles. The number of aromatic nitrogens is 3. The van der Waals surface area contributed by atoms with Crippen molar-refractivity contribution in [3.8, 4) is 0 Å². The summed E-state index contributed by atoms with van der Waals surface area (Å²) >= 11 is 5.32. The summed E-state index contributed by atoms with van der Waals surface area (Å²) in [6, 6.07) is 2.50. The Hall–Kier alpha value is -0.720. The van der Waals surface area contributed by atoms with Crippen molar-refractivity contribution in [1.82, 2.24) is 20.1 Å². The van der Waals surface area contributed by atoms with Gasteiger partial charge in [0.15, 0.2) is 0 Å². The Morgan fingerprint density at radius 1 is 1.40 bits per heavy atom. The summed E-state index contributed by atoms with van der Waals surface area (Å²) in [6.07, 6.45) is 4.75. The van der Waals surface area contributed by atoms with Crippen molar-refractivity contribution in [2.24, 2.45) is 0 Å². The first-order valence-electron chi connectivity index (χ1n) is 7.08. The summed E-state index contributed by atoms with van der Waals surface area (Å²) in [5.74, 6) is 1.06. The highest BCUT2D eigenvalue weighted by Crippen LogP contribution is 2.27. The topological polar surface area (TPSA) is 42.7 Å². The van der Waals surface area contributed by atoms with E-state index >= 15 is 0 Å². The fourth-order valence-electron chi connectivity index (χ4n) is 2.13. The number of nitrogens with zero attached hydrogens (tertiary/aromatic N) is 3.